The van der Waals surface area contributed by atoms with Gasteiger partial charge in [0.25, 0.3) is 0 Å². The van der Waals surface area contributed by atoms with E-state index in [4.69, 9.17) is 15.2 Å². The van der Waals surface area contributed by atoms with E-state index < -0.39 is 35.2 Å². The van der Waals surface area contributed by atoms with Crippen LogP contribution in [0.4, 0.5) is 13.6 Å². The van der Waals surface area contributed by atoms with Gasteiger partial charge in [-0.15, -0.1) is 0 Å². The Bertz CT molecular complexity index is 1140. The van der Waals surface area contributed by atoms with Crippen molar-refractivity contribution in [2.24, 2.45) is 5.73 Å². The van der Waals surface area contributed by atoms with Gasteiger partial charge in [-0.3, -0.25) is 4.79 Å². The van der Waals surface area contributed by atoms with Crippen molar-refractivity contribution in [3.8, 4) is 5.88 Å². The highest BCUT2D eigenvalue weighted by Crippen LogP contribution is 2.32. The number of hydrogen-bond donors (Lipinski definition) is 1. The van der Waals surface area contributed by atoms with Crippen molar-refractivity contribution in [1.82, 2.24) is 4.98 Å². The minimum atomic E-state index is -1.07. The van der Waals surface area contributed by atoms with Crippen LogP contribution in [0.2, 0.25) is 0 Å². The molecule has 3 aromatic rings. The van der Waals surface area contributed by atoms with Crippen LogP contribution in [0.25, 0.3) is 10.8 Å². The number of fused-ring (bicyclic) bond motifs is 1. The Kier molecular flexibility index (Phi) is 6.48. The molecule has 0 fully saturated rings. The minimum absolute atomic E-state index is 0.0420. The zero-order valence-corrected chi connectivity index (χ0v) is 17.4. The first-order valence-corrected chi connectivity index (χ1v) is 9.81. The number of nitrogens with zero attached hydrogens (tertiary/aromatic N) is 1. The molecular weight excluding hydrogens is 406 g/mol. The van der Waals surface area contributed by atoms with Crippen molar-refractivity contribution in [1.29, 1.82) is 0 Å². The van der Waals surface area contributed by atoms with E-state index in [0.717, 1.165) is 17.7 Å². The molecule has 31 heavy (non-hydrogen) atoms. The number of primary amides is 1. The largest absolute Gasteiger partial charge is 0.478 e. The highest BCUT2D eigenvalue weighted by molar-refractivity contribution is 6.17. The summed E-state index contributed by atoms with van der Waals surface area (Å²) in [4.78, 5) is 28.5. The zero-order valence-electron chi connectivity index (χ0n) is 17.4. The van der Waals surface area contributed by atoms with Crippen molar-refractivity contribution < 1.29 is 27.8 Å². The number of ether oxygens (including phenoxy) is 2. The van der Waals surface area contributed by atoms with Crippen LogP contribution in [0.1, 0.15) is 53.9 Å². The summed E-state index contributed by atoms with van der Waals surface area (Å²) in [6.07, 6.45) is 0.110. The number of carbonyl (C=O) groups is 2. The molecular formula is C23H22F2N2O4. The van der Waals surface area contributed by atoms with E-state index in [1.807, 2.05) is 13.8 Å². The molecule has 0 bridgehead atoms. The van der Waals surface area contributed by atoms with Gasteiger partial charge in [-0.2, -0.15) is 0 Å². The van der Waals surface area contributed by atoms with E-state index in [0.29, 0.717) is 29.7 Å². The molecule has 0 saturated heterocycles. The number of hydrogen-bond acceptors (Lipinski definition) is 5. The monoisotopic (exact) mass is 428 g/mol. The molecule has 162 valence electrons. The van der Waals surface area contributed by atoms with Crippen LogP contribution in [0.3, 0.4) is 0 Å². The Morgan fingerprint density at radius 1 is 1.16 bits per heavy atom. The number of halogens is 2. The van der Waals surface area contributed by atoms with E-state index in [-0.39, 0.29) is 11.1 Å². The van der Waals surface area contributed by atoms with Gasteiger partial charge >= 0.3 is 6.09 Å². The second-order valence-electron chi connectivity index (χ2n) is 6.87. The first-order chi connectivity index (χ1) is 14.8. The molecule has 0 aliphatic carbocycles. The van der Waals surface area contributed by atoms with Crippen molar-refractivity contribution >= 4 is 22.6 Å². The van der Waals surface area contributed by atoms with Crippen molar-refractivity contribution in [2.45, 2.75) is 33.3 Å². The number of ketones is 1. The van der Waals surface area contributed by atoms with Gasteiger partial charge < -0.3 is 15.2 Å². The third kappa shape index (κ3) is 4.33. The van der Waals surface area contributed by atoms with E-state index in [1.54, 1.807) is 18.3 Å². The van der Waals surface area contributed by atoms with Gasteiger partial charge in [0, 0.05) is 22.5 Å². The zero-order chi connectivity index (χ0) is 22.7. The number of aryl methyl sites for hydroxylation is 1. The Balaban J connectivity index is 2.15. The van der Waals surface area contributed by atoms with Crippen LogP contribution < -0.4 is 10.5 Å². The first-order valence-electron chi connectivity index (χ1n) is 9.81. The van der Waals surface area contributed by atoms with Gasteiger partial charge in [-0.1, -0.05) is 19.1 Å². The summed E-state index contributed by atoms with van der Waals surface area (Å²) >= 11 is 0. The van der Waals surface area contributed by atoms with Crippen molar-refractivity contribution in [3.05, 3.63) is 70.4 Å². The lowest BCUT2D eigenvalue weighted by Crippen LogP contribution is -2.16. The number of aromatic nitrogens is 1. The standard InChI is InChI=1S/C23H22F2N2O4/c1-4-13-11-27-22(30-5-2)16-8-6-7-15(19(13)16)21(28)20-17(24)9-14(10-18(20)25)12(3)31-23(26)29/h6-12H,4-5H2,1-3H3,(H2,26,29). The maximum atomic E-state index is 14.9. The van der Waals surface area contributed by atoms with Crippen LogP contribution in [0.5, 0.6) is 5.88 Å². The molecule has 2 aromatic carbocycles. The van der Waals surface area contributed by atoms with Gasteiger partial charge in [0.15, 0.2) is 5.78 Å². The lowest BCUT2D eigenvalue weighted by atomic mass is 9.93. The molecule has 1 unspecified atom stereocenters. The Morgan fingerprint density at radius 3 is 2.42 bits per heavy atom. The molecule has 0 radical (unpaired) electrons. The molecule has 6 nitrogen and oxygen atoms in total. The van der Waals surface area contributed by atoms with Gasteiger partial charge in [0.2, 0.25) is 5.88 Å². The molecule has 0 saturated carbocycles. The third-order valence-electron chi connectivity index (χ3n) is 4.91. The summed E-state index contributed by atoms with van der Waals surface area (Å²) in [7, 11) is 0. The van der Waals surface area contributed by atoms with Gasteiger partial charge in [-0.25, -0.2) is 18.6 Å². The van der Waals surface area contributed by atoms with Crippen molar-refractivity contribution in [2.75, 3.05) is 6.61 Å². The SMILES string of the molecule is CCOc1ncc(CC)c2c(C(=O)c3c(F)cc(C(C)OC(N)=O)cc3F)cccc12. The smallest absolute Gasteiger partial charge is 0.405 e. The Labute approximate surface area is 178 Å². The Morgan fingerprint density at radius 2 is 1.84 bits per heavy atom. The second-order valence-corrected chi connectivity index (χ2v) is 6.87. The number of carbonyl (C=O) groups excluding carboxylic acids is 2. The van der Waals surface area contributed by atoms with Gasteiger partial charge in [0.1, 0.15) is 17.7 Å². The number of nitrogens with two attached hydrogens (primary N) is 1. The highest BCUT2D eigenvalue weighted by atomic mass is 19.1. The van der Waals surface area contributed by atoms with Crippen LogP contribution in [0, 0.1) is 11.6 Å². The molecule has 0 aliphatic rings. The normalized spacial score (nSPS) is 11.9. The summed E-state index contributed by atoms with van der Waals surface area (Å²) in [5, 5.41) is 1.13. The fraction of sp³-hybridized carbons (Fsp3) is 0.261. The predicted octanol–water partition coefficient (Wildman–Crippen LogP) is 4.86. The lowest BCUT2D eigenvalue weighted by Gasteiger charge is -2.15. The minimum Gasteiger partial charge on any atom is -0.478 e. The molecule has 0 spiro atoms. The maximum Gasteiger partial charge on any atom is 0.405 e. The summed E-state index contributed by atoms with van der Waals surface area (Å²) in [6, 6.07) is 6.81. The first kappa shape index (κ1) is 22.1. The van der Waals surface area contributed by atoms with Gasteiger partial charge in [-0.05, 0) is 49.6 Å². The molecule has 3 rings (SSSR count). The summed E-state index contributed by atoms with van der Waals surface area (Å²) in [5.74, 6) is -2.58. The van der Waals surface area contributed by atoms with E-state index in [9.17, 15) is 18.4 Å². The molecule has 8 heteroatoms. The molecule has 1 amide bonds. The third-order valence-corrected chi connectivity index (χ3v) is 4.91. The maximum absolute atomic E-state index is 14.9. The fourth-order valence-corrected chi connectivity index (χ4v) is 3.48. The summed E-state index contributed by atoms with van der Waals surface area (Å²) in [6.45, 7) is 5.50. The van der Waals surface area contributed by atoms with E-state index >= 15 is 0 Å². The predicted molar refractivity (Wildman–Crippen MR) is 111 cm³/mol. The number of pyridine rings is 1. The molecule has 1 aromatic heterocycles. The average Bonchev–Trinajstić information content (AvgIpc) is 2.72. The number of benzene rings is 2. The molecule has 0 aliphatic heterocycles. The topological polar surface area (TPSA) is 91.5 Å². The summed E-state index contributed by atoms with van der Waals surface area (Å²) in [5.41, 5.74) is 5.20. The quantitative estimate of drug-likeness (QED) is 0.543. The number of amides is 1. The van der Waals surface area contributed by atoms with Crippen LogP contribution in [-0.4, -0.2) is 23.5 Å². The average molecular weight is 428 g/mol. The van der Waals surface area contributed by atoms with Gasteiger partial charge in [0.05, 0.1) is 12.2 Å². The molecule has 1 heterocycles. The van der Waals surface area contributed by atoms with E-state index in [2.05, 4.69) is 4.98 Å². The second kappa shape index (κ2) is 9.07. The van der Waals surface area contributed by atoms with E-state index in [1.165, 1.54) is 13.0 Å². The molecule has 1 atom stereocenters. The summed E-state index contributed by atoms with van der Waals surface area (Å²) < 4.78 is 40.0. The fourth-order valence-electron chi connectivity index (χ4n) is 3.48. The highest BCUT2D eigenvalue weighted by Gasteiger charge is 2.25. The number of rotatable bonds is 7. The Hall–Kier alpha value is -3.55. The van der Waals surface area contributed by atoms with Crippen LogP contribution >= 0.6 is 0 Å². The van der Waals surface area contributed by atoms with Crippen molar-refractivity contribution in [3.63, 3.8) is 0 Å². The van der Waals surface area contributed by atoms with Crippen LogP contribution in [-0.2, 0) is 11.2 Å². The lowest BCUT2D eigenvalue weighted by molar-refractivity contribution is 0.102. The van der Waals surface area contributed by atoms with Crippen LogP contribution in [0.15, 0.2) is 36.5 Å². The molecule has 2 N–H and O–H groups in total.